The monoisotopic (exact) mass is 384 g/mol. The highest BCUT2D eigenvalue weighted by Crippen LogP contribution is 2.65. The van der Waals surface area contributed by atoms with E-state index < -0.39 is 6.04 Å². The summed E-state index contributed by atoms with van der Waals surface area (Å²) >= 11 is 6.11. The molecular weight excluding hydrogens is 364 g/mol. The van der Waals surface area contributed by atoms with E-state index >= 15 is 0 Å². The van der Waals surface area contributed by atoms with Crippen molar-refractivity contribution < 1.29 is 14.4 Å². The molecular formula is C21H21ClN2O3. The zero-order valence-corrected chi connectivity index (χ0v) is 15.9. The van der Waals surface area contributed by atoms with Crippen LogP contribution >= 0.6 is 11.6 Å². The van der Waals surface area contributed by atoms with Gasteiger partial charge in [-0.25, -0.2) is 0 Å². The highest BCUT2D eigenvalue weighted by Gasteiger charge is 2.67. The molecule has 3 fully saturated rings. The van der Waals surface area contributed by atoms with Crippen LogP contribution in [0.1, 0.15) is 18.9 Å². The van der Waals surface area contributed by atoms with Crippen LogP contribution in [0.4, 0.5) is 5.69 Å². The van der Waals surface area contributed by atoms with Gasteiger partial charge in [0, 0.05) is 10.7 Å². The summed E-state index contributed by atoms with van der Waals surface area (Å²) in [6.07, 6.45) is 5.39. The van der Waals surface area contributed by atoms with Gasteiger partial charge in [-0.2, -0.15) is 0 Å². The number of halogens is 1. The minimum absolute atomic E-state index is 0.164. The zero-order valence-electron chi connectivity index (χ0n) is 15.2. The predicted octanol–water partition coefficient (Wildman–Crippen LogP) is 3.03. The molecule has 0 radical (unpaired) electrons. The van der Waals surface area contributed by atoms with Crippen LogP contribution in [0.25, 0.3) is 0 Å². The Kier molecular flexibility index (Phi) is 3.57. The molecule has 5 nitrogen and oxygen atoms in total. The molecule has 4 aliphatic carbocycles. The number of amides is 3. The van der Waals surface area contributed by atoms with Crippen LogP contribution in [0.3, 0.4) is 0 Å². The molecule has 6 heteroatoms. The molecule has 27 heavy (non-hydrogen) atoms. The Bertz CT molecular complexity index is 875. The van der Waals surface area contributed by atoms with Crippen LogP contribution < -0.4 is 5.32 Å². The highest BCUT2D eigenvalue weighted by atomic mass is 35.5. The van der Waals surface area contributed by atoms with Crippen molar-refractivity contribution in [3.63, 3.8) is 0 Å². The molecule has 1 heterocycles. The lowest BCUT2D eigenvalue weighted by molar-refractivity contribution is -0.146. The molecule has 5 aliphatic rings. The summed E-state index contributed by atoms with van der Waals surface area (Å²) < 4.78 is 0. The van der Waals surface area contributed by atoms with Gasteiger partial charge in [0.05, 0.1) is 11.8 Å². The second kappa shape index (κ2) is 5.68. The van der Waals surface area contributed by atoms with E-state index in [0.717, 1.165) is 12.0 Å². The smallest absolute Gasteiger partial charge is 0.247 e. The fourth-order valence-electron chi connectivity index (χ4n) is 5.46. The molecule has 1 aliphatic heterocycles. The maximum Gasteiger partial charge on any atom is 0.247 e. The van der Waals surface area contributed by atoms with E-state index in [-0.39, 0.29) is 41.4 Å². The lowest BCUT2D eigenvalue weighted by atomic mass is 9.63. The van der Waals surface area contributed by atoms with E-state index in [0.29, 0.717) is 22.5 Å². The van der Waals surface area contributed by atoms with Crippen LogP contribution in [0, 0.1) is 42.4 Å². The first-order chi connectivity index (χ1) is 12.9. The number of imide groups is 1. The van der Waals surface area contributed by atoms with Gasteiger partial charge in [0.15, 0.2) is 0 Å². The Morgan fingerprint density at radius 1 is 1.15 bits per heavy atom. The van der Waals surface area contributed by atoms with Crippen molar-refractivity contribution in [2.24, 2.45) is 35.5 Å². The van der Waals surface area contributed by atoms with Crippen LogP contribution in [0.15, 0.2) is 30.4 Å². The number of carbonyl (C=O) groups is 3. The van der Waals surface area contributed by atoms with E-state index in [1.54, 1.807) is 25.1 Å². The number of hydrogen-bond donors (Lipinski definition) is 1. The van der Waals surface area contributed by atoms with Crippen molar-refractivity contribution in [2.75, 3.05) is 5.32 Å². The SMILES string of the molecule is Cc1c(Cl)cccc1NC(=O)[C@H](C)N1C(=O)[C@@H]2[C@H]3C=C[C@@H]([C@@H]4C[C@@H]34)[C@@H]2C1=O. The average molecular weight is 385 g/mol. The lowest BCUT2D eigenvalue weighted by Gasteiger charge is -2.37. The second-order valence-electron chi connectivity index (χ2n) is 8.28. The van der Waals surface area contributed by atoms with Gasteiger partial charge in [-0.1, -0.05) is 29.8 Å². The van der Waals surface area contributed by atoms with Gasteiger partial charge in [-0.05, 0) is 61.6 Å². The van der Waals surface area contributed by atoms with E-state index in [1.165, 1.54) is 4.90 Å². The minimum atomic E-state index is -0.843. The summed E-state index contributed by atoms with van der Waals surface area (Å²) in [4.78, 5) is 40.2. The van der Waals surface area contributed by atoms with Gasteiger partial charge in [-0.3, -0.25) is 19.3 Å². The standard InChI is InChI=1S/C21H21ClN2O3/c1-9-15(22)4-3-5-16(9)23-19(25)10(2)24-20(26)17-11-6-7-12(14-8-13(11)14)18(17)21(24)27/h3-7,10-14,17-18H,8H2,1-2H3,(H,23,25)/t10-,11-,12-,13-,14-,17-,18+/m0/s1. The predicted molar refractivity (Wildman–Crippen MR) is 101 cm³/mol. The van der Waals surface area contributed by atoms with Crippen LogP contribution in [0.2, 0.25) is 5.02 Å². The summed E-state index contributed by atoms with van der Waals surface area (Å²) in [6, 6.07) is 4.43. The minimum Gasteiger partial charge on any atom is -0.324 e. The van der Waals surface area contributed by atoms with Gasteiger partial charge in [-0.15, -0.1) is 0 Å². The largest absolute Gasteiger partial charge is 0.324 e. The first kappa shape index (κ1) is 17.0. The molecule has 7 atom stereocenters. The van der Waals surface area contributed by atoms with Gasteiger partial charge in [0.2, 0.25) is 17.7 Å². The Morgan fingerprint density at radius 3 is 2.33 bits per heavy atom. The van der Waals surface area contributed by atoms with E-state index in [1.807, 2.05) is 6.92 Å². The molecule has 2 saturated carbocycles. The molecule has 6 rings (SSSR count). The highest BCUT2D eigenvalue weighted by molar-refractivity contribution is 6.31. The zero-order chi connectivity index (χ0) is 19.0. The van der Waals surface area contributed by atoms with E-state index in [2.05, 4.69) is 17.5 Å². The van der Waals surface area contributed by atoms with Crippen molar-refractivity contribution in [1.29, 1.82) is 0 Å². The fraction of sp³-hybridized carbons (Fsp3) is 0.476. The summed E-state index contributed by atoms with van der Waals surface area (Å²) in [5, 5.41) is 3.38. The number of likely N-dealkylation sites (tertiary alicyclic amines) is 1. The fourth-order valence-corrected chi connectivity index (χ4v) is 5.63. The molecule has 1 N–H and O–H groups in total. The molecule has 0 unspecified atom stereocenters. The molecule has 140 valence electrons. The molecule has 0 spiro atoms. The summed E-state index contributed by atoms with van der Waals surface area (Å²) in [5.41, 5.74) is 1.36. The number of allylic oxidation sites excluding steroid dienone is 2. The number of rotatable bonds is 3. The third kappa shape index (κ3) is 2.27. The Labute approximate surface area is 162 Å². The summed E-state index contributed by atoms with van der Waals surface area (Å²) in [5.74, 6) is 0.145. The first-order valence-electron chi connectivity index (χ1n) is 9.51. The van der Waals surface area contributed by atoms with Gasteiger partial charge >= 0.3 is 0 Å². The van der Waals surface area contributed by atoms with Crippen molar-refractivity contribution >= 4 is 35.0 Å². The van der Waals surface area contributed by atoms with Crippen molar-refractivity contribution in [1.82, 2.24) is 4.90 Å². The van der Waals surface area contributed by atoms with Gasteiger partial charge < -0.3 is 5.32 Å². The van der Waals surface area contributed by atoms with E-state index in [4.69, 9.17) is 11.6 Å². The first-order valence-corrected chi connectivity index (χ1v) is 9.89. The molecule has 1 aromatic rings. The van der Waals surface area contributed by atoms with Crippen LogP contribution in [0.5, 0.6) is 0 Å². The summed E-state index contributed by atoms with van der Waals surface area (Å²) in [7, 11) is 0. The topological polar surface area (TPSA) is 66.5 Å². The second-order valence-corrected chi connectivity index (χ2v) is 8.69. The number of nitrogens with zero attached hydrogens (tertiary/aromatic N) is 1. The Morgan fingerprint density at radius 2 is 1.74 bits per heavy atom. The third-order valence-corrected chi connectivity index (χ3v) is 7.40. The number of carbonyl (C=O) groups excluding carboxylic acids is 3. The molecule has 3 amide bonds. The normalized spacial score (nSPS) is 36.5. The molecule has 1 aromatic carbocycles. The number of hydrogen-bond acceptors (Lipinski definition) is 3. The van der Waals surface area contributed by atoms with Crippen LogP contribution in [-0.4, -0.2) is 28.7 Å². The molecule has 1 saturated heterocycles. The van der Waals surface area contributed by atoms with E-state index in [9.17, 15) is 14.4 Å². The van der Waals surface area contributed by atoms with Crippen molar-refractivity contribution in [3.8, 4) is 0 Å². The molecule has 2 bridgehead atoms. The van der Waals surface area contributed by atoms with Crippen molar-refractivity contribution in [3.05, 3.63) is 40.9 Å². The average Bonchev–Trinajstić information content (AvgIpc) is 3.42. The Hall–Kier alpha value is -2.14. The maximum absolute atomic E-state index is 13.1. The number of benzene rings is 1. The number of nitrogens with one attached hydrogen (secondary N) is 1. The third-order valence-electron chi connectivity index (χ3n) is 6.99. The van der Waals surface area contributed by atoms with Crippen molar-refractivity contribution in [2.45, 2.75) is 26.3 Å². The van der Waals surface area contributed by atoms with Crippen LogP contribution in [-0.2, 0) is 14.4 Å². The number of anilines is 1. The quantitative estimate of drug-likeness (QED) is 0.643. The lowest BCUT2D eigenvalue weighted by Crippen LogP contribution is -2.46. The Balaban J connectivity index is 1.39. The van der Waals surface area contributed by atoms with Gasteiger partial charge in [0.25, 0.3) is 0 Å². The maximum atomic E-state index is 13.1. The molecule has 0 aromatic heterocycles. The van der Waals surface area contributed by atoms with Gasteiger partial charge in [0.1, 0.15) is 6.04 Å². The summed E-state index contributed by atoms with van der Waals surface area (Å²) in [6.45, 7) is 3.44.